The number of nitrogens with one attached hydrogen (secondary N) is 1. The van der Waals surface area contributed by atoms with E-state index in [9.17, 15) is 9.59 Å². The van der Waals surface area contributed by atoms with E-state index < -0.39 is 5.91 Å². The lowest BCUT2D eigenvalue weighted by Gasteiger charge is -2.23. The van der Waals surface area contributed by atoms with Crippen molar-refractivity contribution in [2.24, 2.45) is 0 Å². The Labute approximate surface area is 211 Å². The van der Waals surface area contributed by atoms with Gasteiger partial charge in [-0.05, 0) is 60.2 Å². The number of carbonyl (C=O) groups is 2. The average Bonchev–Trinajstić information content (AvgIpc) is 3.01. The first-order chi connectivity index (χ1) is 16.5. The largest absolute Gasteiger partial charge is 0.322 e. The highest BCUT2D eigenvalue weighted by molar-refractivity contribution is 7.99. The third-order valence-corrected chi connectivity index (χ3v) is 7.31. The number of hydrogen-bond donors (Lipinski definition) is 1. The van der Waals surface area contributed by atoms with Gasteiger partial charge in [0.05, 0.1) is 27.8 Å². The zero-order valence-corrected chi connectivity index (χ0v) is 20.1. The smallest absolute Gasteiger partial charge is 0.258 e. The van der Waals surface area contributed by atoms with Crippen molar-refractivity contribution in [1.29, 1.82) is 0 Å². The van der Waals surface area contributed by atoms with Crippen molar-refractivity contribution in [2.75, 3.05) is 10.2 Å². The minimum atomic E-state index is -0.412. The number of fused-ring (bicyclic) bond motifs is 2. The van der Waals surface area contributed by atoms with Crippen LogP contribution in [0.25, 0.3) is 0 Å². The Hall–Kier alpha value is -3.25. The number of amides is 2. The SMILES string of the molecule is O=C(Nc1ccc(C(=O)N2Cc3ccccc3Sc3ccccc32)cc1)c1c(Cl)cccc1Cl. The molecule has 0 fully saturated rings. The number of hydrogen-bond acceptors (Lipinski definition) is 3. The van der Waals surface area contributed by atoms with Gasteiger partial charge in [-0.15, -0.1) is 0 Å². The molecule has 0 radical (unpaired) electrons. The van der Waals surface area contributed by atoms with E-state index in [1.165, 1.54) is 0 Å². The molecule has 0 aromatic heterocycles. The second-order valence-electron chi connectivity index (χ2n) is 7.70. The second kappa shape index (κ2) is 9.55. The quantitative estimate of drug-likeness (QED) is 0.313. The molecule has 7 heteroatoms. The van der Waals surface area contributed by atoms with E-state index in [-0.39, 0.29) is 21.5 Å². The van der Waals surface area contributed by atoms with Crippen molar-refractivity contribution in [3.05, 3.63) is 118 Å². The molecule has 2 amide bonds. The normalized spacial score (nSPS) is 12.4. The van der Waals surface area contributed by atoms with Crippen LogP contribution in [0.3, 0.4) is 0 Å². The van der Waals surface area contributed by atoms with Gasteiger partial charge < -0.3 is 10.2 Å². The van der Waals surface area contributed by atoms with Gasteiger partial charge in [-0.2, -0.15) is 0 Å². The van der Waals surface area contributed by atoms with Gasteiger partial charge in [-0.3, -0.25) is 9.59 Å². The summed E-state index contributed by atoms with van der Waals surface area (Å²) in [5.41, 5.74) is 3.24. The van der Waals surface area contributed by atoms with Crippen molar-refractivity contribution in [2.45, 2.75) is 16.3 Å². The molecule has 0 spiro atoms. The molecule has 4 nitrogen and oxygen atoms in total. The molecule has 1 aliphatic rings. The summed E-state index contributed by atoms with van der Waals surface area (Å²) in [6.07, 6.45) is 0. The van der Waals surface area contributed by atoms with Gasteiger partial charge in [-0.25, -0.2) is 0 Å². The predicted octanol–water partition coefficient (Wildman–Crippen LogP) is 7.56. The second-order valence-corrected chi connectivity index (χ2v) is 9.60. The molecule has 0 atom stereocenters. The number of benzene rings is 4. The van der Waals surface area contributed by atoms with Crippen LogP contribution in [-0.4, -0.2) is 11.8 Å². The number of halogens is 2. The lowest BCUT2D eigenvalue weighted by Crippen LogP contribution is -2.30. The molecule has 0 saturated carbocycles. The van der Waals surface area contributed by atoms with Gasteiger partial charge >= 0.3 is 0 Å². The van der Waals surface area contributed by atoms with E-state index in [1.807, 2.05) is 42.5 Å². The van der Waals surface area contributed by atoms with Crippen molar-refractivity contribution in [3.63, 3.8) is 0 Å². The Bertz CT molecular complexity index is 1390. The molecular formula is C27H18Cl2N2O2S. The molecule has 1 N–H and O–H groups in total. The van der Waals surface area contributed by atoms with Crippen LogP contribution in [-0.2, 0) is 6.54 Å². The van der Waals surface area contributed by atoms with Crippen molar-refractivity contribution < 1.29 is 9.59 Å². The summed E-state index contributed by atoms with van der Waals surface area (Å²) in [4.78, 5) is 30.2. The molecule has 34 heavy (non-hydrogen) atoms. The maximum Gasteiger partial charge on any atom is 0.258 e. The number of carbonyl (C=O) groups excluding carboxylic acids is 2. The van der Waals surface area contributed by atoms with Crippen LogP contribution in [0.15, 0.2) is 101 Å². The molecule has 5 rings (SSSR count). The molecule has 0 unspecified atom stereocenters. The predicted molar refractivity (Wildman–Crippen MR) is 138 cm³/mol. The molecule has 0 saturated heterocycles. The molecule has 0 aliphatic carbocycles. The monoisotopic (exact) mass is 504 g/mol. The van der Waals surface area contributed by atoms with E-state index >= 15 is 0 Å². The fourth-order valence-corrected chi connectivity index (χ4v) is 5.46. The first kappa shape index (κ1) is 22.5. The molecule has 4 aromatic rings. The molecule has 168 valence electrons. The first-order valence-electron chi connectivity index (χ1n) is 10.5. The van der Waals surface area contributed by atoms with Crippen molar-refractivity contribution >= 4 is 58.2 Å². The van der Waals surface area contributed by atoms with Crippen molar-refractivity contribution in [3.8, 4) is 0 Å². The summed E-state index contributed by atoms with van der Waals surface area (Å²) < 4.78 is 0. The van der Waals surface area contributed by atoms with Crippen LogP contribution in [0.5, 0.6) is 0 Å². The van der Waals surface area contributed by atoms with Gasteiger partial charge in [0.15, 0.2) is 0 Å². The van der Waals surface area contributed by atoms with Crippen LogP contribution < -0.4 is 10.2 Å². The van der Waals surface area contributed by atoms with Crippen molar-refractivity contribution in [1.82, 2.24) is 0 Å². The third-order valence-electron chi connectivity index (χ3n) is 5.50. The summed E-state index contributed by atoms with van der Waals surface area (Å²) >= 11 is 13.9. The Morgan fingerprint density at radius 2 is 1.41 bits per heavy atom. The zero-order valence-electron chi connectivity index (χ0n) is 17.8. The molecule has 1 heterocycles. The van der Waals surface area contributed by atoms with Gasteiger partial charge in [0.2, 0.25) is 0 Å². The van der Waals surface area contributed by atoms with E-state index in [4.69, 9.17) is 23.2 Å². The lowest BCUT2D eigenvalue weighted by molar-refractivity contribution is 0.0983. The Morgan fingerprint density at radius 3 is 2.15 bits per heavy atom. The number of anilines is 2. The average molecular weight is 505 g/mol. The third kappa shape index (κ3) is 4.42. The summed E-state index contributed by atoms with van der Waals surface area (Å²) in [7, 11) is 0. The van der Waals surface area contributed by atoms with Crippen LogP contribution in [0.1, 0.15) is 26.3 Å². The zero-order chi connectivity index (χ0) is 23.7. The standard InChI is InChI=1S/C27H18Cl2N2O2S/c28-20-7-5-8-21(29)25(20)26(32)30-19-14-12-17(13-15-19)27(33)31-16-18-6-1-3-10-23(18)34-24-11-4-2-9-22(24)31/h1-15H,16H2,(H,30,32). The molecule has 4 aromatic carbocycles. The molecule has 0 bridgehead atoms. The Kier molecular flexibility index (Phi) is 6.33. The van der Waals surface area contributed by atoms with Gasteiger partial charge in [-0.1, -0.05) is 71.4 Å². The summed E-state index contributed by atoms with van der Waals surface area (Å²) in [6, 6.07) is 27.7. The maximum absolute atomic E-state index is 13.6. The Balaban J connectivity index is 1.40. The fourth-order valence-electron chi connectivity index (χ4n) is 3.82. The van der Waals surface area contributed by atoms with Gasteiger partial charge in [0, 0.05) is 21.0 Å². The highest BCUT2D eigenvalue weighted by Gasteiger charge is 2.25. The van der Waals surface area contributed by atoms with Crippen LogP contribution >= 0.6 is 35.0 Å². The number of rotatable bonds is 3. The number of nitrogens with zero attached hydrogens (tertiary/aromatic N) is 1. The highest BCUT2D eigenvalue weighted by atomic mass is 35.5. The van der Waals surface area contributed by atoms with E-state index in [0.29, 0.717) is 17.8 Å². The lowest BCUT2D eigenvalue weighted by atomic mass is 10.1. The van der Waals surface area contributed by atoms with E-state index in [1.54, 1.807) is 59.1 Å². The van der Waals surface area contributed by atoms with Crippen LogP contribution in [0.2, 0.25) is 10.0 Å². The minimum Gasteiger partial charge on any atom is -0.322 e. The highest BCUT2D eigenvalue weighted by Crippen LogP contribution is 2.41. The van der Waals surface area contributed by atoms with E-state index in [0.717, 1.165) is 21.0 Å². The fraction of sp³-hybridized carbons (Fsp3) is 0.0370. The minimum absolute atomic E-state index is 0.114. The maximum atomic E-state index is 13.6. The first-order valence-corrected chi connectivity index (χ1v) is 12.1. The summed E-state index contributed by atoms with van der Waals surface area (Å²) in [5, 5.41) is 3.33. The van der Waals surface area contributed by atoms with E-state index in [2.05, 4.69) is 11.4 Å². The van der Waals surface area contributed by atoms with Crippen LogP contribution in [0.4, 0.5) is 11.4 Å². The Morgan fingerprint density at radius 1 is 0.765 bits per heavy atom. The topological polar surface area (TPSA) is 49.4 Å². The van der Waals surface area contributed by atoms with Crippen LogP contribution in [0, 0.1) is 0 Å². The molecular weight excluding hydrogens is 487 g/mol. The summed E-state index contributed by atoms with van der Waals surface area (Å²) in [6.45, 7) is 0.475. The van der Waals surface area contributed by atoms with Gasteiger partial charge in [0.1, 0.15) is 0 Å². The summed E-state index contributed by atoms with van der Waals surface area (Å²) in [5.74, 6) is -0.526. The van der Waals surface area contributed by atoms with Gasteiger partial charge in [0.25, 0.3) is 11.8 Å². The molecule has 1 aliphatic heterocycles. The number of para-hydroxylation sites is 1.